The first-order valence-electron chi connectivity index (χ1n) is 6.90. The molecule has 0 spiro atoms. The molecule has 0 saturated heterocycles. The monoisotopic (exact) mass is 317 g/mol. The first-order chi connectivity index (χ1) is 10.6. The number of hydrogen-bond acceptors (Lipinski definition) is 4. The smallest absolute Gasteiger partial charge is 0.339 e. The highest BCUT2D eigenvalue weighted by Crippen LogP contribution is 2.36. The molecule has 0 aliphatic carbocycles. The number of aryl methyl sites for hydroxylation is 1. The van der Waals surface area contributed by atoms with Gasteiger partial charge in [-0.1, -0.05) is 18.2 Å². The fraction of sp³-hybridized carbons (Fsp3) is 0.250. The fourth-order valence-electron chi connectivity index (χ4n) is 2.54. The number of carboxylic acids is 1. The van der Waals surface area contributed by atoms with Crippen LogP contribution in [0.25, 0.3) is 0 Å². The Morgan fingerprint density at radius 1 is 1.32 bits per heavy atom. The van der Waals surface area contributed by atoms with Crippen LogP contribution in [0.2, 0.25) is 0 Å². The number of fused-ring (bicyclic) bond motifs is 1. The van der Waals surface area contributed by atoms with E-state index in [9.17, 15) is 14.7 Å². The lowest BCUT2D eigenvalue weighted by Gasteiger charge is -2.12. The standard InChI is InChI=1S/C16H15NO4S/c1-9-4-2-3-5-10(9)14(18)17-15-13(16(19)20)11-6-7-21-8-12(11)22-15/h2-5H,6-8H2,1H3,(H,17,18)(H,19,20). The Balaban J connectivity index is 1.95. The zero-order chi connectivity index (χ0) is 15.7. The molecule has 114 valence electrons. The van der Waals surface area contributed by atoms with Gasteiger partial charge in [0.05, 0.1) is 18.8 Å². The number of carboxylic acid groups (broad SMARTS) is 1. The Hall–Kier alpha value is -2.18. The van der Waals surface area contributed by atoms with E-state index in [1.807, 2.05) is 19.1 Å². The lowest BCUT2D eigenvalue weighted by atomic mass is 10.1. The third-order valence-electron chi connectivity index (χ3n) is 3.65. The average Bonchev–Trinajstić information content (AvgIpc) is 2.85. The number of anilines is 1. The van der Waals surface area contributed by atoms with Crippen molar-refractivity contribution in [3.05, 3.63) is 51.4 Å². The van der Waals surface area contributed by atoms with Gasteiger partial charge in [0, 0.05) is 10.4 Å². The predicted octanol–water partition coefficient (Wildman–Crippen LogP) is 3.08. The summed E-state index contributed by atoms with van der Waals surface area (Å²) in [6.07, 6.45) is 0.563. The van der Waals surface area contributed by atoms with Gasteiger partial charge in [0.15, 0.2) is 0 Å². The molecule has 2 N–H and O–H groups in total. The van der Waals surface area contributed by atoms with Crippen molar-refractivity contribution < 1.29 is 19.4 Å². The van der Waals surface area contributed by atoms with Gasteiger partial charge >= 0.3 is 5.97 Å². The molecule has 3 rings (SSSR count). The van der Waals surface area contributed by atoms with E-state index < -0.39 is 5.97 Å². The molecular formula is C16H15NO4S. The molecule has 1 aromatic carbocycles. The number of amides is 1. The number of ether oxygens (including phenoxy) is 1. The number of aromatic carboxylic acids is 1. The van der Waals surface area contributed by atoms with Crippen LogP contribution in [0.4, 0.5) is 5.00 Å². The summed E-state index contributed by atoms with van der Waals surface area (Å²) in [5, 5.41) is 12.6. The van der Waals surface area contributed by atoms with Crippen molar-refractivity contribution in [1.82, 2.24) is 0 Å². The second kappa shape index (κ2) is 5.90. The number of thiophene rings is 1. The average molecular weight is 317 g/mol. The van der Waals surface area contributed by atoms with Crippen molar-refractivity contribution in [2.24, 2.45) is 0 Å². The molecule has 0 bridgehead atoms. The summed E-state index contributed by atoms with van der Waals surface area (Å²) in [6.45, 7) is 2.76. The fourth-order valence-corrected chi connectivity index (χ4v) is 3.72. The lowest BCUT2D eigenvalue weighted by Crippen LogP contribution is -2.15. The molecule has 1 aliphatic heterocycles. The predicted molar refractivity (Wildman–Crippen MR) is 83.8 cm³/mol. The van der Waals surface area contributed by atoms with Crippen LogP contribution in [-0.2, 0) is 17.8 Å². The van der Waals surface area contributed by atoms with Gasteiger partial charge in [-0.3, -0.25) is 4.79 Å². The SMILES string of the molecule is Cc1ccccc1C(=O)Nc1sc2c(c1C(=O)O)CCOC2. The number of nitrogens with one attached hydrogen (secondary N) is 1. The van der Waals surface area contributed by atoms with Crippen molar-refractivity contribution in [2.45, 2.75) is 20.0 Å². The summed E-state index contributed by atoms with van der Waals surface area (Å²) >= 11 is 1.28. The maximum absolute atomic E-state index is 12.4. The molecule has 2 heterocycles. The second-order valence-corrected chi connectivity index (χ2v) is 6.19. The number of rotatable bonds is 3. The minimum atomic E-state index is -1.01. The first kappa shape index (κ1) is 14.7. The van der Waals surface area contributed by atoms with Gasteiger partial charge in [0.25, 0.3) is 5.91 Å². The Kier molecular flexibility index (Phi) is 3.96. The number of benzene rings is 1. The van der Waals surface area contributed by atoms with Crippen molar-refractivity contribution in [2.75, 3.05) is 11.9 Å². The highest BCUT2D eigenvalue weighted by Gasteiger charge is 2.26. The van der Waals surface area contributed by atoms with Crippen molar-refractivity contribution in [3.63, 3.8) is 0 Å². The van der Waals surface area contributed by atoms with Gasteiger partial charge in [-0.25, -0.2) is 4.79 Å². The van der Waals surface area contributed by atoms with E-state index in [1.165, 1.54) is 11.3 Å². The molecule has 22 heavy (non-hydrogen) atoms. The highest BCUT2D eigenvalue weighted by atomic mass is 32.1. The number of carbonyl (C=O) groups is 2. The third kappa shape index (κ3) is 2.63. The van der Waals surface area contributed by atoms with Gasteiger partial charge < -0.3 is 15.2 Å². The maximum atomic E-state index is 12.4. The van der Waals surface area contributed by atoms with Crippen molar-refractivity contribution >= 4 is 28.2 Å². The zero-order valence-corrected chi connectivity index (χ0v) is 12.8. The molecular weight excluding hydrogens is 302 g/mol. The van der Waals surface area contributed by atoms with Crippen LogP contribution in [0, 0.1) is 6.92 Å². The van der Waals surface area contributed by atoms with Gasteiger partial charge in [0.2, 0.25) is 0 Å². The molecule has 0 atom stereocenters. The quantitative estimate of drug-likeness (QED) is 0.912. The third-order valence-corrected chi connectivity index (χ3v) is 4.77. The molecule has 1 amide bonds. The second-order valence-electron chi connectivity index (χ2n) is 5.08. The van der Waals surface area contributed by atoms with E-state index in [2.05, 4.69) is 5.32 Å². The van der Waals surface area contributed by atoms with E-state index in [0.29, 0.717) is 30.2 Å². The molecule has 0 saturated carbocycles. The minimum absolute atomic E-state index is 0.199. The molecule has 0 unspecified atom stereocenters. The van der Waals surface area contributed by atoms with E-state index in [1.54, 1.807) is 12.1 Å². The van der Waals surface area contributed by atoms with Crippen LogP contribution < -0.4 is 5.32 Å². The molecule has 0 radical (unpaired) electrons. The lowest BCUT2D eigenvalue weighted by molar-refractivity contribution is 0.0693. The van der Waals surface area contributed by atoms with E-state index in [0.717, 1.165) is 16.0 Å². The Morgan fingerprint density at radius 3 is 2.82 bits per heavy atom. The maximum Gasteiger partial charge on any atom is 0.339 e. The summed E-state index contributed by atoms with van der Waals surface area (Å²) in [5.74, 6) is -1.31. The summed E-state index contributed by atoms with van der Waals surface area (Å²) < 4.78 is 5.36. The Bertz CT molecular complexity index is 751. The molecule has 2 aromatic rings. The summed E-state index contributed by atoms with van der Waals surface area (Å²) in [5.41, 5.74) is 2.37. The van der Waals surface area contributed by atoms with Crippen LogP contribution >= 0.6 is 11.3 Å². The van der Waals surface area contributed by atoms with Gasteiger partial charge in [0.1, 0.15) is 5.00 Å². The normalized spacial score (nSPS) is 13.5. The Labute approximate surface area is 131 Å². The van der Waals surface area contributed by atoms with Crippen molar-refractivity contribution in [3.8, 4) is 0 Å². The largest absolute Gasteiger partial charge is 0.478 e. The van der Waals surface area contributed by atoms with Gasteiger partial charge in [-0.05, 0) is 30.5 Å². The van der Waals surface area contributed by atoms with Crippen LogP contribution in [0.15, 0.2) is 24.3 Å². The van der Waals surface area contributed by atoms with Crippen LogP contribution in [0.5, 0.6) is 0 Å². The van der Waals surface area contributed by atoms with E-state index >= 15 is 0 Å². The van der Waals surface area contributed by atoms with Gasteiger partial charge in [-0.15, -0.1) is 11.3 Å². The van der Waals surface area contributed by atoms with Crippen LogP contribution in [0.1, 0.15) is 36.7 Å². The van der Waals surface area contributed by atoms with E-state index in [-0.39, 0.29) is 11.5 Å². The minimum Gasteiger partial charge on any atom is -0.478 e. The van der Waals surface area contributed by atoms with Crippen LogP contribution in [0.3, 0.4) is 0 Å². The molecule has 0 fully saturated rings. The number of hydrogen-bond donors (Lipinski definition) is 2. The Morgan fingerprint density at radius 2 is 2.09 bits per heavy atom. The van der Waals surface area contributed by atoms with E-state index in [4.69, 9.17) is 4.74 Å². The van der Waals surface area contributed by atoms with Gasteiger partial charge in [-0.2, -0.15) is 0 Å². The summed E-state index contributed by atoms with van der Waals surface area (Å²) in [6, 6.07) is 7.21. The molecule has 1 aromatic heterocycles. The summed E-state index contributed by atoms with van der Waals surface area (Å²) in [7, 11) is 0. The zero-order valence-electron chi connectivity index (χ0n) is 12.0. The first-order valence-corrected chi connectivity index (χ1v) is 7.72. The molecule has 1 aliphatic rings. The van der Waals surface area contributed by atoms with Crippen LogP contribution in [-0.4, -0.2) is 23.6 Å². The summed E-state index contributed by atoms with van der Waals surface area (Å²) in [4.78, 5) is 24.8. The topological polar surface area (TPSA) is 75.6 Å². The molecule has 5 nitrogen and oxygen atoms in total. The molecule has 6 heteroatoms. The number of carbonyl (C=O) groups excluding carboxylic acids is 1. The highest BCUT2D eigenvalue weighted by molar-refractivity contribution is 7.17. The van der Waals surface area contributed by atoms with Crippen molar-refractivity contribution in [1.29, 1.82) is 0 Å².